The normalized spacial score (nSPS) is 23.2. The number of fused-ring (bicyclic) bond motifs is 1. The summed E-state index contributed by atoms with van der Waals surface area (Å²) >= 11 is 7.74. The summed E-state index contributed by atoms with van der Waals surface area (Å²) in [5.41, 5.74) is 1.06. The van der Waals surface area contributed by atoms with Gasteiger partial charge in [0.15, 0.2) is 5.13 Å². The van der Waals surface area contributed by atoms with Gasteiger partial charge in [0.05, 0.1) is 27.3 Å². The number of nitrogens with zero attached hydrogens (tertiary/aromatic N) is 3. The predicted molar refractivity (Wildman–Crippen MR) is 143 cm³/mol. The minimum absolute atomic E-state index is 0.0702. The first-order valence-corrected chi connectivity index (χ1v) is 14.9. The number of rotatable bonds is 6. The maximum absolute atomic E-state index is 13.7. The lowest BCUT2D eigenvalue weighted by Gasteiger charge is -2.34. The van der Waals surface area contributed by atoms with Gasteiger partial charge in [-0.1, -0.05) is 42.9 Å². The number of carbonyl (C=O) groups is 1. The van der Waals surface area contributed by atoms with Gasteiger partial charge < -0.3 is 4.74 Å². The lowest BCUT2D eigenvalue weighted by atomic mass is 9.94. The molecule has 0 N–H and O–H groups in total. The van der Waals surface area contributed by atoms with Crippen LogP contribution in [0, 0.1) is 11.8 Å². The summed E-state index contributed by atoms with van der Waals surface area (Å²) in [5.74, 6) is 0.390. The van der Waals surface area contributed by atoms with E-state index in [0.717, 1.165) is 24.0 Å². The minimum atomic E-state index is -3.62. The molecule has 0 aliphatic carbocycles. The topological polar surface area (TPSA) is 79.8 Å². The van der Waals surface area contributed by atoms with Crippen LogP contribution in [0.25, 0.3) is 10.2 Å². The number of anilines is 1. The number of thiazole rings is 1. The third-order valence-electron chi connectivity index (χ3n) is 6.82. The molecule has 3 heterocycles. The Morgan fingerprint density at radius 2 is 1.89 bits per heavy atom. The SMILES string of the molecule is CC1CC(C)CN(S(=O)(=O)c2ccc(C(=O)N(CC3CCCO3)c3nc4c(Cl)cccc4s3)cc2)C1. The number of halogens is 1. The number of benzene rings is 2. The summed E-state index contributed by atoms with van der Waals surface area (Å²) < 4.78 is 34.8. The molecule has 3 atom stereocenters. The van der Waals surface area contributed by atoms with Crippen molar-refractivity contribution >= 4 is 54.2 Å². The molecule has 10 heteroatoms. The summed E-state index contributed by atoms with van der Waals surface area (Å²) in [6.45, 7) is 6.25. The summed E-state index contributed by atoms with van der Waals surface area (Å²) in [6.07, 6.45) is 2.79. The number of sulfonamides is 1. The molecular weight excluding hydrogens is 518 g/mol. The smallest absolute Gasteiger partial charge is 0.260 e. The second-order valence-electron chi connectivity index (χ2n) is 9.93. The van der Waals surface area contributed by atoms with E-state index in [1.807, 2.05) is 12.1 Å². The van der Waals surface area contributed by atoms with Gasteiger partial charge in [-0.15, -0.1) is 0 Å². The van der Waals surface area contributed by atoms with Gasteiger partial charge >= 0.3 is 0 Å². The van der Waals surface area contributed by atoms with Gasteiger partial charge in [0.1, 0.15) is 5.52 Å². The van der Waals surface area contributed by atoms with Crippen molar-refractivity contribution in [1.29, 1.82) is 0 Å². The van der Waals surface area contributed by atoms with E-state index in [4.69, 9.17) is 16.3 Å². The Balaban J connectivity index is 1.43. The zero-order valence-corrected chi connectivity index (χ0v) is 22.8. The highest BCUT2D eigenvalue weighted by molar-refractivity contribution is 7.89. The molecule has 192 valence electrons. The predicted octanol–water partition coefficient (Wildman–Crippen LogP) is 5.44. The molecule has 2 aliphatic rings. The Labute approximate surface area is 221 Å². The van der Waals surface area contributed by atoms with Crippen molar-refractivity contribution in [1.82, 2.24) is 9.29 Å². The summed E-state index contributed by atoms with van der Waals surface area (Å²) in [6, 6.07) is 11.8. The maximum atomic E-state index is 13.7. The van der Waals surface area contributed by atoms with Crippen LogP contribution in [0.3, 0.4) is 0 Å². The monoisotopic (exact) mass is 547 g/mol. The molecular formula is C26H30ClN3O4S2. The third kappa shape index (κ3) is 5.17. The molecule has 7 nitrogen and oxygen atoms in total. The Morgan fingerprint density at radius 1 is 1.17 bits per heavy atom. The number of amides is 1. The van der Waals surface area contributed by atoms with Crippen LogP contribution < -0.4 is 4.90 Å². The van der Waals surface area contributed by atoms with Crippen LogP contribution in [0.15, 0.2) is 47.4 Å². The van der Waals surface area contributed by atoms with Crippen LogP contribution in [0.1, 0.15) is 43.5 Å². The first-order chi connectivity index (χ1) is 17.2. The van der Waals surface area contributed by atoms with Crippen molar-refractivity contribution < 1.29 is 17.9 Å². The number of para-hydroxylation sites is 1. The lowest BCUT2D eigenvalue weighted by Crippen LogP contribution is -2.42. The number of ether oxygens (including phenoxy) is 1. The second-order valence-corrected chi connectivity index (χ2v) is 13.3. The lowest BCUT2D eigenvalue weighted by molar-refractivity contribution is 0.0917. The third-order valence-corrected chi connectivity index (χ3v) is 10.0. The Bertz CT molecular complexity index is 1340. The maximum Gasteiger partial charge on any atom is 0.260 e. The van der Waals surface area contributed by atoms with E-state index in [1.54, 1.807) is 27.4 Å². The minimum Gasteiger partial charge on any atom is -0.376 e. The number of hydrogen-bond donors (Lipinski definition) is 0. The molecule has 3 aromatic rings. The molecule has 2 fully saturated rings. The molecule has 3 unspecified atom stereocenters. The van der Waals surface area contributed by atoms with Crippen molar-refractivity contribution in [3.63, 3.8) is 0 Å². The van der Waals surface area contributed by atoms with Crippen LogP contribution in [-0.4, -0.2) is 56.0 Å². The van der Waals surface area contributed by atoms with E-state index in [1.165, 1.54) is 23.5 Å². The van der Waals surface area contributed by atoms with E-state index in [2.05, 4.69) is 18.8 Å². The van der Waals surface area contributed by atoms with Gasteiger partial charge in [-0.2, -0.15) is 4.31 Å². The molecule has 0 radical (unpaired) electrons. The fourth-order valence-corrected chi connectivity index (χ4v) is 8.09. The van der Waals surface area contributed by atoms with Gasteiger partial charge in [0.25, 0.3) is 5.91 Å². The molecule has 0 spiro atoms. The number of aromatic nitrogens is 1. The van der Waals surface area contributed by atoms with E-state index in [-0.39, 0.29) is 16.9 Å². The van der Waals surface area contributed by atoms with Crippen molar-refractivity contribution in [2.24, 2.45) is 11.8 Å². The van der Waals surface area contributed by atoms with Crippen molar-refractivity contribution in [2.75, 3.05) is 31.1 Å². The van der Waals surface area contributed by atoms with Crippen molar-refractivity contribution in [3.8, 4) is 0 Å². The average molecular weight is 548 g/mol. The highest BCUT2D eigenvalue weighted by atomic mass is 35.5. The van der Waals surface area contributed by atoms with Gasteiger partial charge in [-0.3, -0.25) is 9.69 Å². The molecule has 5 rings (SSSR count). The van der Waals surface area contributed by atoms with E-state index >= 15 is 0 Å². The quantitative estimate of drug-likeness (QED) is 0.410. The molecule has 2 aromatic carbocycles. The highest BCUT2D eigenvalue weighted by Gasteiger charge is 2.32. The molecule has 0 saturated carbocycles. The van der Waals surface area contributed by atoms with Crippen LogP contribution in [0.2, 0.25) is 5.02 Å². The van der Waals surface area contributed by atoms with Gasteiger partial charge in [-0.25, -0.2) is 13.4 Å². The standard InChI is InChI=1S/C26H30ClN3O4S2/c1-17-13-18(2)15-29(14-17)36(32,33)21-10-8-19(9-11-21)25(31)30(16-20-5-4-12-34-20)26-28-24-22(27)6-3-7-23(24)35-26/h3,6-11,17-18,20H,4-5,12-16H2,1-2H3. The van der Waals surface area contributed by atoms with Crippen molar-refractivity contribution in [3.05, 3.63) is 53.1 Å². The summed E-state index contributed by atoms with van der Waals surface area (Å²) in [7, 11) is -3.62. The number of piperidine rings is 1. The van der Waals surface area contributed by atoms with E-state index < -0.39 is 10.0 Å². The van der Waals surface area contributed by atoms with Crippen LogP contribution in [0.4, 0.5) is 5.13 Å². The first-order valence-electron chi connectivity index (χ1n) is 12.3. The largest absolute Gasteiger partial charge is 0.376 e. The molecule has 1 amide bonds. The van der Waals surface area contributed by atoms with Crippen LogP contribution in [0.5, 0.6) is 0 Å². The zero-order chi connectivity index (χ0) is 25.4. The molecule has 36 heavy (non-hydrogen) atoms. The van der Waals surface area contributed by atoms with Crippen LogP contribution in [-0.2, 0) is 14.8 Å². The Kier molecular flexibility index (Phi) is 7.38. The van der Waals surface area contributed by atoms with E-state index in [0.29, 0.717) is 59.3 Å². The Morgan fingerprint density at radius 3 is 2.53 bits per heavy atom. The molecule has 2 saturated heterocycles. The van der Waals surface area contributed by atoms with Crippen molar-refractivity contribution in [2.45, 2.75) is 44.1 Å². The average Bonchev–Trinajstić information content (AvgIpc) is 3.52. The van der Waals surface area contributed by atoms with Crippen LogP contribution >= 0.6 is 22.9 Å². The van der Waals surface area contributed by atoms with E-state index in [9.17, 15) is 13.2 Å². The zero-order valence-electron chi connectivity index (χ0n) is 20.4. The fraction of sp³-hybridized carbons (Fsp3) is 0.462. The fourth-order valence-electron chi connectivity index (χ4n) is 5.13. The van der Waals surface area contributed by atoms with Gasteiger partial charge in [0.2, 0.25) is 10.0 Å². The molecule has 1 aromatic heterocycles. The van der Waals surface area contributed by atoms with Gasteiger partial charge in [-0.05, 0) is 67.5 Å². The highest BCUT2D eigenvalue weighted by Crippen LogP contribution is 2.34. The molecule has 0 bridgehead atoms. The van der Waals surface area contributed by atoms with Gasteiger partial charge in [0, 0.05) is 25.3 Å². The molecule has 2 aliphatic heterocycles. The Hall–Kier alpha value is -2.04. The number of carbonyl (C=O) groups excluding carboxylic acids is 1. The number of hydrogen-bond acceptors (Lipinski definition) is 6. The summed E-state index contributed by atoms with van der Waals surface area (Å²) in [5, 5.41) is 1.09. The first kappa shape index (κ1) is 25.6. The summed E-state index contributed by atoms with van der Waals surface area (Å²) in [4.78, 5) is 20.2. The second kappa shape index (κ2) is 10.4.